The Bertz CT molecular complexity index is 331. The molecule has 13 heavy (non-hydrogen) atoms. The van der Waals surface area contributed by atoms with E-state index in [4.69, 9.17) is 0 Å². The van der Waals surface area contributed by atoms with Gasteiger partial charge in [-0.3, -0.25) is 0 Å². The van der Waals surface area contributed by atoms with Crippen LogP contribution in [0.25, 0.3) is 0 Å². The minimum Gasteiger partial charge on any atom is -0.505 e. The number of halogens is 2. The Hall–Kier alpha value is -0.610. The molecule has 2 nitrogen and oxygen atoms in total. The van der Waals surface area contributed by atoms with E-state index in [0.717, 1.165) is 6.07 Å². The fourth-order valence-electron chi connectivity index (χ4n) is 1.12. The van der Waals surface area contributed by atoms with E-state index in [1.807, 2.05) is 0 Å². The summed E-state index contributed by atoms with van der Waals surface area (Å²) in [7, 11) is 0. The quantitative estimate of drug-likeness (QED) is 0.802. The Morgan fingerprint density at radius 3 is 2.31 bits per heavy atom. The Morgan fingerprint density at radius 2 is 1.92 bits per heavy atom. The van der Waals surface area contributed by atoms with Crippen LogP contribution < -0.4 is 0 Å². The molecule has 0 spiro atoms. The van der Waals surface area contributed by atoms with Crippen molar-refractivity contribution in [2.75, 3.05) is 0 Å². The molecule has 2 N–H and O–H groups in total. The number of aromatic hydroxyl groups is 1. The first-order chi connectivity index (χ1) is 5.84. The summed E-state index contributed by atoms with van der Waals surface area (Å²) in [4.78, 5) is 0. The number of rotatable bonds is 1. The molecule has 0 amide bonds. The smallest absolute Gasteiger partial charge is 0.165 e. The van der Waals surface area contributed by atoms with Crippen LogP contribution in [0.1, 0.15) is 19.4 Å². The largest absolute Gasteiger partial charge is 0.505 e. The van der Waals surface area contributed by atoms with Crippen LogP contribution in [0.3, 0.4) is 0 Å². The van der Waals surface area contributed by atoms with Crippen LogP contribution in [0.4, 0.5) is 4.39 Å². The minimum atomic E-state index is -1.27. The lowest BCUT2D eigenvalue weighted by molar-refractivity contribution is 0.0743. The van der Waals surface area contributed by atoms with Crippen molar-refractivity contribution in [3.8, 4) is 5.75 Å². The molecule has 0 aliphatic heterocycles. The molecular formula is C9H10BrFO2. The lowest BCUT2D eigenvalue weighted by atomic mass is 9.97. The van der Waals surface area contributed by atoms with Crippen molar-refractivity contribution < 1.29 is 14.6 Å². The molecule has 0 heterocycles. The third kappa shape index (κ3) is 2.00. The fraction of sp³-hybridized carbons (Fsp3) is 0.333. The minimum absolute atomic E-state index is 0.160. The molecule has 0 aliphatic rings. The fourth-order valence-corrected chi connectivity index (χ4v) is 1.93. The maximum Gasteiger partial charge on any atom is 0.165 e. The molecule has 0 unspecified atom stereocenters. The van der Waals surface area contributed by atoms with Gasteiger partial charge in [-0.25, -0.2) is 4.39 Å². The maximum absolute atomic E-state index is 12.9. The number of hydrogen-bond donors (Lipinski definition) is 2. The van der Waals surface area contributed by atoms with E-state index in [1.165, 1.54) is 19.9 Å². The zero-order chi connectivity index (χ0) is 10.2. The molecule has 0 bridgehead atoms. The summed E-state index contributed by atoms with van der Waals surface area (Å²) in [5.74, 6) is -1.25. The molecule has 4 heteroatoms. The second kappa shape index (κ2) is 3.27. The second-order valence-corrected chi connectivity index (χ2v) is 4.17. The highest BCUT2D eigenvalue weighted by Gasteiger charge is 2.25. The first-order valence-corrected chi connectivity index (χ1v) is 4.53. The lowest BCUT2D eigenvalue weighted by Crippen LogP contribution is -2.16. The van der Waals surface area contributed by atoms with Gasteiger partial charge in [-0.05, 0) is 26.0 Å². The van der Waals surface area contributed by atoms with E-state index in [0.29, 0.717) is 4.47 Å². The topological polar surface area (TPSA) is 40.5 Å². The first-order valence-electron chi connectivity index (χ1n) is 3.74. The van der Waals surface area contributed by atoms with Crippen LogP contribution in [0.5, 0.6) is 5.75 Å². The number of phenolic OH excluding ortho intramolecular Hbond substituents is 1. The number of phenols is 1. The zero-order valence-corrected chi connectivity index (χ0v) is 8.89. The second-order valence-electron chi connectivity index (χ2n) is 3.31. The number of aliphatic hydroxyl groups is 1. The molecule has 1 aromatic rings. The van der Waals surface area contributed by atoms with E-state index in [2.05, 4.69) is 15.9 Å². The maximum atomic E-state index is 12.9. The van der Waals surface area contributed by atoms with Crippen LogP contribution in [-0.4, -0.2) is 10.2 Å². The van der Waals surface area contributed by atoms with Crippen LogP contribution in [0.15, 0.2) is 16.6 Å². The van der Waals surface area contributed by atoms with E-state index in [9.17, 15) is 14.6 Å². The van der Waals surface area contributed by atoms with Crippen LogP contribution in [0, 0.1) is 5.82 Å². The van der Waals surface area contributed by atoms with Gasteiger partial charge in [-0.2, -0.15) is 0 Å². The van der Waals surface area contributed by atoms with Gasteiger partial charge in [-0.1, -0.05) is 15.9 Å². The van der Waals surface area contributed by atoms with E-state index in [-0.39, 0.29) is 5.56 Å². The van der Waals surface area contributed by atoms with Crippen molar-refractivity contribution in [2.24, 2.45) is 0 Å². The van der Waals surface area contributed by atoms with Gasteiger partial charge in [0.2, 0.25) is 0 Å². The highest BCUT2D eigenvalue weighted by molar-refractivity contribution is 9.10. The standard InChI is InChI=1S/C9H10BrFO2/c1-9(2,13)7-5(10)3-4-6(11)8(7)12/h3-4,12-13H,1-2H3. The number of benzene rings is 1. The van der Waals surface area contributed by atoms with Crippen LogP contribution in [0.2, 0.25) is 0 Å². The Labute approximate surface area is 84.1 Å². The van der Waals surface area contributed by atoms with E-state index < -0.39 is 17.2 Å². The van der Waals surface area contributed by atoms with E-state index in [1.54, 1.807) is 0 Å². The van der Waals surface area contributed by atoms with Crippen molar-refractivity contribution in [1.82, 2.24) is 0 Å². The summed E-state index contributed by atoms with van der Waals surface area (Å²) in [5.41, 5.74) is -1.11. The highest BCUT2D eigenvalue weighted by atomic mass is 79.9. The third-order valence-electron chi connectivity index (χ3n) is 1.69. The normalized spacial score (nSPS) is 11.8. The molecule has 0 fully saturated rings. The van der Waals surface area contributed by atoms with Crippen molar-refractivity contribution in [3.05, 3.63) is 28.0 Å². The van der Waals surface area contributed by atoms with E-state index >= 15 is 0 Å². The van der Waals surface area contributed by atoms with Gasteiger partial charge >= 0.3 is 0 Å². The summed E-state index contributed by atoms with van der Waals surface area (Å²) in [5, 5.41) is 19.0. The molecular weight excluding hydrogens is 239 g/mol. The average Bonchev–Trinajstić information content (AvgIpc) is 1.95. The lowest BCUT2D eigenvalue weighted by Gasteiger charge is -2.20. The first kappa shape index (κ1) is 10.5. The molecule has 0 saturated carbocycles. The summed E-state index contributed by atoms with van der Waals surface area (Å²) < 4.78 is 13.4. The van der Waals surface area contributed by atoms with Gasteiger partial charge in [0.05, 0.1) is 5.60 Å². The zero-order valence-electron chi connectivity index (χ0n) is 7.31. The summed E-state index contributed by atoms with van der Waals surface area (Å²) in [6.07, 6.45) is 0. The molecule has 1 rings (SSSR count). The SMILES string of the molecule is CC(C)(O)c1c(Br)ccc(F)c1O. The molecule has 0 atom stereocenters. The molecule has 0 saturated heterocycles. The van der Waals surface area contributed by atoms with Gasteiger partial charge < -0.3 is 10.2 Å². The monoisotopic (exact) mass is 248 g/mol. The molecule has 0 aromatic heterocycles. The summed E-state index contributed by atoms with van der Waals surface area (Å²) in [6, 6.07) is 2.58. The van der Waals surface area contributed by atoms with Gasteiger partial charge in [0.1, 0.15) is 0 Å². The van der Waals surface area contributed by atoms with Crippen LogP contribution in [-0.2, 0) is 5.60 Å². The third-order valence-corrected chi connectivity index (χ3v) is 2.35. The molecule has 1 aromatic carbocycles. The van der Waals surface area contributed by atoms with Gasteiger partial charge in [0.25, 0.3) is 0 Å². The van der Waals surface area contributed by atoms with Gasteiger partial charge in [0, 0.05) is 10.0 Å². The molecule has 0 radical (unpaired) electrons. The Morgan fingerprint density at radius 1 is 1.38 bits per heavy atom. The predicted molar refractivity (Wildman–Crippen MR) is 51.0 cm³/mol. The van der Waals surface area contributed by atoms with Crippen molar-refractivity contribution >= 4 is 15.9 Å². The molecule has 72 valence electrons. The van der Waals surface area contributed by atoms with Gasteiger partial charge in [-0.15, -0.1) is 0 Å². The van der Waals surface area contributed by atoms with Crippen molar-refractivity contribution in [1.29, 1.82) is 0 Å². The summed E-state index contributed by atoms with van der Waals surface area (Å²) in [6.45, 7) is 2.96. The Kier molecular flexibility index (Phi) is 2.63. The van der Waals surface area contributed by atoms with Crippen molar-refractivity contribution in [2.45, 2.75) is 19.4 Å². The number of hydrogen-bond acceptors (Lipinski definition) is 2. The summed E-state index contributed by atoms with van der Waals surface area (Å²) >= 11 is 3.13. The average molecular weight is 249 g/mol. The molecule has 0 aliphatic carbocycles. The van der Waals surface area contributed by atoms with Gasteiger partial charge in [0.15, 0.2) is 11.6 Å². The predicted octanol–water partition coefficient (Wildman–Crippen LogP) is 2.52. The highest BCUT2D eigenvalue weighted by Crippen LogP contribution is 2.36. The van der Waals surface area contributed by atoms with Crippen LogP contribution >= 0.6 is 15.9 Å². The van der Waals surface area contributed by atoms with Crippen molar-refractivity contribution in [3.63, 3.8) is 0 Å². The Balaban J connectivity index is 3.43.